The third-order valence-electron chi connectivity index (χ3n) is 8.07. The van der Waals surface area contributed by atoms with Gasteiger partial charge in [0, 0.05) is 61.4 Å². The van der Waals surface area contributed by atoms with Crippen LogP contribution in [0.5, 0.6) is 0 Å². The maximum Gasteiger partial charge on any atom is 0.314 e. The second-order valence-electron chi connectivity index (χ2n) is 13.0. The van der Waals surface area contributed by atoms with Crippen molar-refractivity contribution in [3.63, 3.8) is 0 Å². The minimum atomic E-state index is -0.659. The largest absolute Gasteiger partial charge is 0.459 e. The number of nitrogens with zero attached hydrogens (tertiary/aromatic N) is 3. The molecule has 0 radical (unpaired) electrons. The number of rotatable bonds is 13. The lowest BCUT2D eigenvalue weighted by Gasteiger charge is -2.31. The molecule has 0 aliphatic carbocycles. The van der Waals surface area contributed by atoms with E-state index in [4.69, 9.17) is 27.0 Å². The van der Waals surface area contributed by atoms with E-state index in [9.17, 15) is 9.59 Å². The molecule has 1 aliphatic rings. The molecule has 2 atom stereocenters. The topological polar surface area (TPSA) is 136 Å². The zero-order valence-corrected chi connectivity index (χ0v) is 31.6. The molecule has 2 aromatic rings. The molecule has 3 rings (SSSR count). The van der Waals surface area contributed by atoms with E-state index >= 15 is 0 Å². The normalized spacial score (nSPS) is 15.7. The third-order valence-corrected chi connectivity index (χ3v) is 9.38. The van der Waals surface area contributed by atoms with Gasteiger partial charge in [-0.15, -0.1) is 24.1 Å². The number of thioether (sulfide) groups is 1. The summed E-state index contributed by atoms with van der Waals surface area (Å²) in [7, 11) is 3.81. The summed E-state index contributed by atoms with van der Waals surface area (Å²) in [5, 5.41) is 11.2. The van der Waals surface area contributed by atoms with Crippen molar-refractivity contribution in [3.8, 4) is 12.3 Å². The minimum Gasteiger partial charge on any atom is -0.459 e. The van der Waals surface area contributed by atoms with Gasteiger partial charge in [0.2, 0.25) is 0 Å². The Morgan fingerprint density at radius 2 is 2.02 bits per heavy atom. The van der Waals surface area contributed by atoms with E-state index in [0.717, 1.165) is 60.4 Å². The number of carbonyl (C=O) groups excluding carboxylic acids is 2. The van der Waals surface area contributed by atoms with Gasteiger partial charge < -0.3 is 35.4 Å². The molecule has 0 bridgehead atoms. The van der Waals surface area contributed by atoms with Crippen LogP contribution in [-0.2, 0) is 27.9 Å². The summed E-state index contributed by atoms with van der Waals surface area (Å²) < 4.78 is 13.7. The summed E-state index contributed by atoms with van der Waals surface area (Å²) in [6.07, 6.45) is 14.8. The van der Waals surface area contributed by atoms with Gasteiger partial charge in [-0.25, -0.2) is 4.98 Å². The Kier molecular flexibility index (Phi) is 16.7. The molecule has 11 heteroatoms. The molecule has 0 spiro atoms. The molecule has 49 heavy (non-hydrogen) atoms. The fraction of sp³-hybridized carbons (Fsp3) is 0.526. The Hall–Kier alpha value is -4.01. The van der Waals surface area contributed by atoms with Crippen LogP contribution in [0, 0.1) is 30.6 Å². The maximum absolute atomic E-state index is 13.8. The van der Waals surface area contributed by atoms with E-state index in [2.05, 4.69) is 28.0 Å². The average Bonchev–Trinajstić information content (AvgIpc) is 3.32. The van der Waals surface area contributed by atoms with Crippen LogP contribution < -0.4 is 11.1 Å². The second kappa shape index (κ2) is 19.9. The zero-order valence-electron chi connectivity index (χ0n) is 30.8. The van der Waals surface area contributed by atoms with Crippen LogP contribution in [-0.4, -0.2) is 63.8 Å². The number of hydrogen-bond donors (Lipinski definition) is 3. The molecule has 1 amide bonds. The monoisotopic (exact) mass is 692 g/mol. The van der Waals surface area contributed by atoms with Gasteiger partial charge in [-0.05, 0) is 84.1 Å². The Balaban J connectivity index is 0.00000197. The number of aromatic nitrogens is 2. The van der Waals surface area contributed by atoms with E-state index < -0.39 is 11.5 Å². The number of esters is 1. The number of pyridine rings is 1. The van der Waals surface area contributed by atoms with Crippen molar-refractivity contribution in [1.29, 1.82) is 5.41 Å². The van der Waals surface area contributed by atoms with Crippen LogP contribution in [0.1, 0.15) is 101 Å². The Morgan fingerprint density at radius 3 is 2.57 bits per heavy atom. The molecule has 1 fully saturated rings. The number of ether oxygens (including phenoxy) is 2. The smallest absolute Gasteiger partial charge is 0.314 e. The number of hydrogen-bond acceptors (Lipinski definition) is 9. The quantitative estimate of drug-likeness (QED) is 0.0671. The molecule has 4 N–H and O–H groups in total. The van der Waals surface area contributed by atoms with Crippen molar-refractivity contribution >= 4 is 35.7 Å². The zero-order chi connectivity index (χ0) is 36.7. The second-order valence-corrected chi connectivity index (χ2v) is 14.0. The number of allylic oxidation sites excluding steroid dienone is 2. The molecule has 1 aliphatic heterocycles. The summed E-state index contributed by atoms with van der Waals surface area (Å²) in [4.78, 5) is 34.3. The number of anilines is 1. The molecule has 0 aromatic carbocycles. The first kappa shape index (κ1) is 41.2. The van der Waals surface area contributed by atoms with Gasteiger partial charge in [0.15, 0.2) is 0 Å². The summed E-state index contributed by atoms with van der Waals surface area (Å²) in [6.45, 7) is 14.5. The van der Waals surface area contributed by atoms with Crippen LogP contribution >= 0.6 is 11.8 Å². The summed E-state index contributed by atoms with van der Waals surface area (Å²) in [5.41, 5.74) is 9.47. The van der Waals surface area contributed by atoms with Crippen LogP contribution in [0.25, 0.3) is 0 Å². The van der Waals surface area contributed by atoms with E-state index in [-0.39, 0.29) is 24.6 Å². The van der Waals surface area contributed by atoms with Gasteiger partial charge in [0.1, 0.15) is 23.3 Å². The van der Waals surface area contributed by atoms with Crippen molar-refractivity contribution in [2.45, 2.75) is 104 Å². The van der Waals surface area contributed by atoms with Gasteiger partial charge in [-0.2, -0.15) is 0 Å². The fourth-order valence-corrected chi connectivity index (χ4v) is 6.47. The average molecular weight is 693 g/mol. The van der Waals surface area contributed by atoms with Crippen LogP contribution in [0.4, 0.5) is 5.82 Å². The van der Waals surface area contributed by atoms with Crippen LogP contribution in [0.2, 0.25) is 0 Å². The molecule has 10 nitrogen and oxygen atoms in total. The third kappa shape index (κ3) is 12.4. The van der Waals surface area contributed by atoms with E-state index in [1.165, 1.54) is 18.0 Å². The number of amides is 1. The number of nitrogen functional groups attached to an aromatic ring is 1. The van der Waals surface area contributed by atoms with Gasteiger partial charge in [0.05, 0.1) is 18.2 Å². The SMILES string of the molecule is C#CCC.CC/C(C)=C(/C=C\N(C)C1CCCCO1)C(CSc1c(C=N)c(C(=O)NCc2cccc(N)n2)n(C)c1C)C(=O)OC(C)(C)C. The van der Waals surface area contributed by atoms with Crippen molar-refractivity contribution in [2.75, 3.05) is 25.1 Å². The van der Waals surface area contributed by atoms with E-state index in [1.54, 1.807) is 22.8 Å². The van der Waals surface area contributed by atoms with Gasteiger partial charge in [-0.3, -0.25) is 9.59 Å². The highest BCUT2D eigenvalue weighted by Crippen LogP contribution is 2.35. The lowest BCUT2D eigenvalue weighted by molar-refractivity contribution is -0.157. The lowest BCUT2D eigenvalue weighted by atomic mass is 9.94. The predicted octanol–water partition coefficient (Wildman–Crippen LogP) is 7.02. The van der Waals surface area contributed by atoms with Gasteiger partial charge >= 0.3 is 5.97 Å². The molecule has 1 saturated heterocycles. The maximum atomic E-state index is 13.8. The minimum absolute atomic E-state index is 0.00856. The highest BCUT2D eigenvalue weighted by Gasteiger charge is 2.31. The van der Waals surface area contributed by atoms with E-state index in [0.29, 0.717) is 28.5 Å². The Bertz CT molecular complexity index is 1530. The summed E-state index contributed by atoms with van der Waals surface area (Å²) >= 11 is 1.46. The Morgan fingerprint density at radius 1 is 1.33 bits per heavy atom. The number of nitrogens with one attached hydrogen (secondary N) is 2. The van der Waals surface area contributed by atoms with E-state index in [1.807, 2.05) is 67.9 Å². The summed E-state index contributed by atoms with van der Waals surface area (Å²) in [6, 6.07) is 5.27. The Labute approximate surface area is 297 Å². The first-order valence-corrected chi connectivity index (χ1v) is 17.9. The number of terminal acetylenes is 1. The molecular formula is C38H56N6O4S. The predicted molar refractivity (Wildman–Crippen MR) is 201 cm³/mol. The first-order valence-electron chi connectivity index (χ1n) is 16.9. The number of nitrogens with two attached hydrogens (primary N) is 1. The summed E-state index contributed by atoms with van der Waals surface area (Å²) in [5.74, 6) is 1.98. The van der Waals surface area contributed by atoms with Crippen molar-refractivity contribution in [3.05, 3.63) is 64.3 Å². The standard InChI is InChI=1S/C34H50N6O4S.C4H6/c1-9-22(2)25(16-17-39(7)29-15-10-11-18-43-29)27(33(42)44-34(4,5)6)21-45-31-23(3)40(8)30(26(31)19-35)32(41)37-20-24-13-12-14-28(36)38-24;1-3-4-2/h12-14,16-17,19,27,29,35H,9-11,15,18,20-21H2,1-8H3,(H2,36,38)(H,37,41);1H,4H2,2H3/b17-16-,25-22-,35-19?;. The van der Waals surface area contributed by atoms with Crippen LogP contribution in [0.3, 0.4) is 0 Å². The van der Waals surface area contributed by atoms with Gasteiger partial charge in [-0.1, -0.05) is 25.5 Å². The lowest BCUT2D eigenvalue weighted by Crippen LogP contribution is -2.33. The van der Waals surface area contributed by atoms with Crippen molar-refractivity contribution in [1.82, 2.24) is 19.8 Å². The molecule has 268 valence electrons. The molecular weight excluding hydrogens is 637 g/mol. The van der Waals surface area contributed by atoms with Crippen LogP contribution in [0.15, 0.2) is 46.5 Å². The highest BCUT2D eigenvalue weighted by atomic mass is 32.2. The molecule has 0 saturated carbocycles. The number of carbonyl (C=O) groups is 2. The molecule has 3 heterocycles. The van der Waals surface area contributed by atoms with Crippen molar-refractivity contribution in [2.24, 2.45) is 13.0 Å². The molecule has 2 unspecified atom stereocenters. The highest BCUT2D eigenvalue weighted by molar-refractivity contribution is 7.99. The molecule has 2 aromatic heterocycles. The van der Waals surface area contributed by atoms with Crippen molar-refractivity contribution < 1.29 is 19.1 Å². The first-order chi connectivity index (χ1) is 23.2. The van der Waals surface area contributed by atoms with Gasteiger partial charge in [0.25, 0.3) is 5.91 Å². The fourth-order valence-electron chi connectivity index (χ4n) is 5.17.